The first-order valence-electron chi connectivity index (χ1n) is 11.6. The molecule has 0 saturated carbocycles. The molecule has 36 heavy (non-hydrogen) atoms. The first kappa shape index (κ1) is 23.0. The molecule has 0 atom stereocenters. The van der Waals surface area contributed by atoms with Gasteiger partial charge >= 0.3 is 6.09 Å². The molecule has 4 aromatic rings. The lowest BCUT2D eigenvalue weighted by atomic mass is 10.2. The highest BCUT2D eigenvalue weighted by Crippen LogP contribution is 2.35. The number of nitrogens with zero attached hydrogens (tertiary/aromatic N) is 6. The molecule has 2 aromatic carbocycles. The van der Waals surface area contributed by atoms with Gasteiger partial charge in [-0.2, -0.15) is 0 Å². The third kappa shape index (κ3) is 4.23. The van der Waals surface area contributed by atoms with Crippen LogP contribution in [0.15, 0.2) is 54.9 Å². The van der Waals surface area contributed by atoms with E-state index in [1.165, 1.54) is 0 Å². The van der Waals surface area contributed by atoms with Crippen LogP contribution in [-0.2, 0) is 9.47 Å². The zero-order chi connectivity index (χ0) is 24.6. The highest BCUT2D eigenvalue weighted by molar-refractivity contribution is 6.33. The number of halogens is 2. The molecule has 6 rings (SSSR count). The number of anilines is 1. The summed E-state index contributed by atoms with van der Waals surface area (Å²) < 4.78 is 12.5. The maximum atomic E-state index is 12.4. The smallest absolute Gasteiger partial charge is 0.410 e. The van der Waals surface area contributed by atoms with Crippen LogP contribution in [-0.4, -0.2) is 76.0 Å². The van der Waals surface area contributed by atoms with E-state index in [4.69, 9.17) is 37.7 Å². The summed E-state index contributed by atoms with van der Waals surface area (Å²) in [4.78, 5) is 30.4. The first-order chi connectivity index (χ1) is 17.6. The highest BCUT2D eigenvalue weighted by Gasteiger charge is 2.30. The van der Waals surface area contributed by atoms with Crippen LogP contribution < -0.4 is 4.90 Å². The summed E-state index contributed by atoms with van der Waals surface area (Å²) in [6.45, 7) is 3.17. The van der Waals surface area contributed by atoms with Crippen molar-refractivity contribution >= 4 is 46.3 Å². The Hall–Kier alpha value is -3.40. The van der Waals surface area contributed by atoms with Gasteiger partial charge in [-0.05, 0) is 36.4 Å². The van der Waals surface area contributed by atoms with Gasteiger partial charge in [0, 0.05) is 42.5 Å². The minimum Gasteiger partial charge on any atom is -0.441 e. The molecule has 0 unspecified atom stereocenters. The quantitative estimate of drug-likeness (QED) is 0.389. The predicted octanol–water partition coefficient (Wildman–Crippen LogP) is 4.45. The molecule has 1 amide bonds. The molecule has 0 N–H and O–H groups in total. The van der Waals surface area contributed by atoms with E-state index in [0.717, 1.165) is 11.3 Å². The summed E-state index contributed by atoms with van der Waals surface area (Å²) in [7, 11) is 0. The number of hydrogen-bond acceptors (Lipinski definition) is 7. The van der Waals surface area contributed by atoms with Crippen molar-refractivity contribution in [3.63, 3.8) is 0 Å². The van der Waals surface area contributed by atoms with Gasteiger partial charge in [0.2, 0.25) is 0 Å². The lowest BCUT2D eigenvalue weighted by Gasteiger charge is -2.36. The van der Waals surface area contributed by atoms with Crippen molar-refractivity contribution in [2.24, 2.45) is 0 Å². The van der Waals surface area contributed by atoms with E-state index in [1.807, 2.05) is 53.1 Å². The maximum Gasteiger partial charge on any atom is 0.410 e. The van der Waals surface area contributed by atoms with E-state index in [9.17, 15) is 4.79 Å². The van der Waals surface area contributed by atoms with Crippen LogP contribution in [0.3, 0.4) is 0 Å². The van der Waals surface area contributed by atoms with Crippen molar-refractivity contribution < 1.29 is 14.3 Å². The normalized spacial score (nSPS) is 16.3. The second-order valence-electron chi connectivity index (χ2n) is 8.61. The minimum atomic E-state index is -0.302. The molecule has 11 heteroatoms. The number of fused-ring (bicyclic) bond motifs is 1. The lowest BCUT2D eigenvalue weighted by molar-refractivity contribution is -0.104. The molecule has 2 fully saturated rings. The van der Waals surface area contributed by atoms with Gasteiger partial charge < -0.3 is 19.3 Å². The van der Waals surface area contributed by atoms with Gasteiger partial charge in [-0.25, -0.2) is 19.7 Å². The van der Waals surface area contributed by atoms with E-state index in [-0.39, 0.29) is 12.2 Å². The number of aromatic nitrogens is 4. The molecule has 2 aliphatic heterocycles. The van der Waals surface area contributed by atoms with Crippen molar-refractivity contribution in [1.29, 1.82) is 0 Å². The second-order valence-corrected chi connectivity index (χ2v) is 9.46. The summed E-state index contributed by atoms with van der Waals surface area (Å²) >= 11 is 12.7. The van der Waals surface area contributed by atoms with Crippen molar-refractivity contribution in [1.82, 2.24) is 24.4 Å². The Kier molecular flexibility index (Phi) is 6.12. The largest absolute Gasteiger partial charge is 0.441 e. The van der Waals surface area contributed by atoms with Crippen LogP contribution >= 0.6 is 23.2 Å². The average Bonchev–Trinajstić information content (AvgIpc) is 3.26. The van der Waals surface area contributed by atoms with Gasteiger partial charge in [0.1, 0.15) is 12.2 Å². The molecule has 184 valence electrons. The Morgan fingerprint density at radius 3 is 2.42 bits per heavy atom. The first-order valence-corrected chi connectivity index (χ1v) is 12.4. The van der Waals surface area contributed by atoms with Crippen LogP contribution in [0.4, 0.5) is 10.6 Å². The predicted molar refractivity (Wildman–Crippen MR) is 137 cm³/mol. The number of ether oxygens (including phenoxy) is 2. The molecule has 0 radical (unpaired) electrons. The van der Waals surface area contributed by atoms with E-state index in [1.54, 1.807) is 11.2 Å². The highest BCUT2D eigenvalue weighted by atomic mass is 35.5. The summed E-state index contributed by atoms with van der Waals surface area (Å²) in [6.07, 6.45) is 1.10. The van der Waals surface area contributed by atoms with E-state index in [2.05, 4.69) is 14.9 Å². The third-order valence-electron chi connectivity index (χ3n) is 6.34. The fourth-order valence-electron chi connectivity index (χ4n) is 4.37. The molecule has 4 heterocycles. The molecule has 2 aliphatic rings. The van der Waals surface area contributed by atoms with Crippen molar-refractivity contribution in [2.45, 2.75) is 6.10 Å². The van der Waals surface area contributed by atoms with Crippen LogP contribution in [0, 0.1) is 0 Å². The van der Waals surface area contributed by atoms with Crippen molar-refractivity contribution in [2.75, 3.05) is 44.3 Å². The average molecular weight is 525 g/mol. The van der Waals surface area contributed by atoms with Crippen LogP contribution in [0.1, 0.15) is 0 Å². The summed E-state index contributed by atoms with van der Waals surface area (Å²) in [6, 6.07) is 15.1. The van der Waals surface area contributed by atoms with Gasteiger partial charge in [-0.3, -0.25) is 4.57 Å². The third-order valence-corrected chi connectivity index (χ3v) is 6.92. The zero-order valence-corrected chi connectivity index (χ0v) is 20.7. The van der Waals surface area contributed by atoms with Crippen LogP contribution in [0.5, 0.6) is 0 Å². The Morgan fingerprint density at radius 2 is 1.72 bits per heavy atom. The number of carbonyl (C=O) groups excluding carboxylic acids is 1. The van der Waals surface area contributed by atoms with Crippen molar-refractivity contribution in [3.8, 4) is 17.1 Å². The second kappa shape index (κ2) is 9.57. The number of benzene rings is 2. The number of hydrogen-bond donors (Lipinski definition) is 0. The van der Waals surface area contributed by atoms with Gasteiger partial charge in [0.05, 0.1) is 18.2 Å². The SMILES string of the molecule is O=C(OC1COC1)N1CCN(c2ncnc3c2nc(-c2ccccc2Cl)n3-c2ccc(Cl)cc2)CC1. The van der Waals surface area contributed by atoms with Crippen molar-refractivity contribution in [3.05, 3.63) is 64.9 Å². The minimum absolute atomic E-state index is 0.142. The molecule has 2 saturated heterocycles. The molecule has 0 bridgehead atoms. The Labute approximate surface area is 217 Å². The van der Waals surface area contributed by atoms with Gasteiger partial charge in [-0.1, -0.05) is 35.3 Å². The van der Waals surface area contributed by atoms with Gasteiger partial charge in [0.15, 0.2) is 23.1 Å². The summed E-state index contributed by atoms with van der Waals surface area (Å²) in [5.74, 6) is 1.37. The number of carbonyl (C=O) groups is 1. The fraction of sp³-hybridized carbons (Fsp3) is 0.280. The van der Waals surface area contributed by atoms with E-state index < -0.39 is 0 Å². The molecule has 2 aromatic heterocycles. The molecule has 0 spiro atoms. The molecular weight excluding hydrogens is 503 g/mol. The molecule has 9 nitrogen and oxygen atoms in total. The summed E-state index contributed by atoms with van der Waals surface area (Å²) in [5.41, 5.74) is 2.95. The molecule has 0 aliphatic carbocycles. The summed E-state index contributed by atoms with van der Waals surface area (Å²) in [5, 5.41) is 1.22. The van der Waals surface area contributed by atoms with Gasteiger partial charge in [-0.15, -0.1) is 0 Å². The molecular formula is C25H22Cl2N6O3. The number of amides is 1. The van der Waals surface area contributed by atoms with E-state index in [0.29, 0.717) is 72.2 Å². The van der Waals surface area contributed by atoms with Crippen LogP contribution in [0.25, 0.3) is 28.2 Å². The lowest BCUT2D eigenvalue weighted by Crippen LogP contribution is -2.51. The fourth-order valence-corrected chi connectivity index (χ4v) is 4.72. The van der Waals surface area contributed by atoms with E-state index >= 15 is 0 Å². The monoisotopic (exact) mass is 524 g/mol. The number of piperazine rings is 1. The number of imidazole rings is 1. The number of rotatable bonds is 4. The maximum absolute atomic E-state index is 12.4. The van der Waals surface area contributed by atoms with Crippen LogP contribution in [0.2, 0.25) is 10.0 Å². The zero-order valence-electron chi connectivity index (χ0n) is 19.2. The Morgan fingerprint density at radius 1 is 0.972 bits per heavy atom. The topological polar surface area (TPSA) is 85.6 Å². The van der Waals surface area contributed by atoms with Gasteiger partial charge in [0.25, 0.3) is 0 Å². The Balaban J connectivity index is 1.36. The Bertz CT molecular complexity index is 1420. The standard InChI is InChI=1S/C25H22Cl2N6O3/c26-16-5-7-17(8-6-16)33-22(19-3-1-2-4-20(19)27)30-21-23(28-15-29-24(21)33)31-9-11-32(12-10-31)25(34)36-18-13-35-14-18/h1-8,15,18H,9-14H2.